The first-order valence-corrected chi connectivity index (χ1v) is 14.6. The van der Waals surface area contributed by atoms with E-state index in [0.717, 1.165) is 44.9 Å². The number of carbonyl (C=O) groups excluding carboxylic acids is 3. The molecule has 0 bridgehead atoms. The van der Waals surface area contributed by atoms with Crippen LogP contribution in [0.25, 0.3) is 0 Å². The van der Waals surface area contributed by atoms with Gasteiger partial charge in [0.1, 0.15) is 13.2 Å². The number of ether oxygens (including phenoxy) is 3. The molecule has 0 aromatic rings. The summed E-state index contributed by atoms with van der Waals surface area (Å²) in [6, 6.07) is 0. The van der Waals surface area contributed by atoms with Gasteiger partial charge in [-0.2, -0.15) is 0 Å². The second-order valence-electron chi connectivity index (χ2n) is 9.82. The standard InChI is InChI=1S/C29H52O8/c1-3-5-7-9-11-12-14-15-20-27(32)35-23-25(24-36-28(33)21-18-17-19-26(30)31)37-29(34)22-16-13-10-8-6-4-2/h25H,3-24H2,1-2H3,(H,30,31). The second kappa shape index (κ2) is 25.5. The highest BCUT2D eigenvalue weighted by Crippen LogP contribution is 2.12. The van der Waals surface area contributed by atoms with Gasteiger partial charge in [-0.05, 0) is 25.7 Å². The predicted molar refractivity (Wildman–Crippen MR) is 143 cm³/mol. The summed E-state index contributed by atoms with van der Waals surface area (Å²) in [6.07, 6.45) is 16.0. The summed E-state index contributed by atoms with van der Waals surface area (Å²) in [5.41, 5.74) is 0. The number of carboxylic acids is 1. The molecule has 0 saturated heterocycles. The Morgan fingerprint density at radius 1 is 0.514 bits per heavy atom. The highest BCUT2D eigenvalue weighted by molar-refractivity contribution is 5.71. The van der Waals surface area contributed by atoms with E-state index in [1.807, 2.05) is 0 Å². The minimum Gasteiger partial charge on any atom is -0.481 e. The molecule has 0 saturated carbocycles. The van der Waals surface area contributed by atoms with Gasteiger partial charge >= 0.3 is 23.9 Å². The van der Waals surface area contributed by atoms with Crippen LogP contribution < -0.4 is 0 Å². The van der Waals surface area contributed by atoms with Crippen molar-refractivity contribution in [3.63, 3.8) is 0 Å². The van der Waals surface area contributed by atoms with Gasteiger partial charge in [0.25, 0.3) is 0 Å². The lowest BCUT2D eigenvalue weighted by Gasteiger charge is -2.18. The Labute approximate surface area is 224 Å². The average Bonchev–Trinajstić information content (AvgIpc) is 2.87. The van der Waals surface area contributed by atoms with E-state index in [9.17, 15) is 19.2 Å². The molecule has 1 atom stereocenters. The highest BCUT2D eigenvalue weighted by atomic mass is 16.6. The van der Waals surface area contributed by atoms with Crippen molar-refractivity contribution in [2.75, 3.05) is 13.2 Å². The molecule has 0 aliphatic carbocycles. The molecule has 216 valence electrons. The molecule has 0 spiro atoms. The lowest BCUT2D eigenvalue weighted by atomic mass is 10.1. The van der Waals surface area contributed by atoms with Gasteiger partial charge in [0, 0.05) is 25.7 Å². The van der Waals surface area contributed by atoms with Crippen LogP contribution in [0.15, 0.2) is 0 Å². The third kappa shape index (κ3) is 25.3. The molecule has 0 fully saturated rings. The third-order valence-electron chi connectivity index (χ3n) is 6.15. The van der Waals surface area contributed by atoms with Crippen LogP contribution in [0.2, 0.25) is 0 Å². The van der Waals surface area contributed by atoms with Gasteiger partial charge in [0.15, 0.2) is 6.10 Å². The largest absolute Gasteiger partial charge is 0.481 e. The molecule has 0 amide bonds. The van der Waals surface area contributed by atoms with Gasteiger partial charge in [-0.15, -0.1) is 0 Å². The Balaban J connectivity index is 4.36. The zero-order valence-electron chi connectivity index (χ0n) is 23.4. The van der Waals surface area contributed by atoms with Crippen LogP contribution in [-0.4, -0.2) is 48.3 Å². The Kier molecular flexibility index (Phi) is 24.1. The maximum absolute atomic E-state index is 12.3. The van der Waals surface area contributed by atoms with Crippen molar-refractivity contribution in [3.8, 4) is 0 Å². The average molecular weight is 529 g/mol. The minimum atomic E-state index is -0.903. The molecule has 0 aliphatic rings. The topological polar surface area (TPSA) is 116 Å². The molecule has 0 rings (SSSR count). The number of hydrogen-bond donors (Lipinski definition) is 1. The lowest BCUT2D eigenvalue weighted by molar-refractivity contribution is -0.167. The van der Waals surface area contributed by atoms with Gasteiger partial charge in [-0.1, -0.05) is 90.9 Å². The lowest BCUT2D eigenvalue weighted by Crippen LogP contribution is -2.30. The molecule has 0 radical (unpaired) electrons. The second-order valence-corrected chi connectivity index (χ2v) is 9.82. The molecule has 0 aliphatic heterocycles. The summed E-state index contributed by atoms with van der Waals surface area (Å²) in [6.45, 7) is 4.01. The molecule has 0 aromatic carbocycles. The molecule has 37 heavy (non-hydrogen) atoms. The summed E-state index contributed by atoms with van der Waals surface area (Å²) in [5.74, 6) is -2.13. The van der Waals surface area contributed by atoms with E-state index in [2.05, 4.69) is 13.8 Å². The van der Waals surface area contributed by atoms with Gasteiger partial charge in [-0.3, -0.25) is 19.2 Å². The molecule has 8 nitrogen and oxygen atoms in total. The van der Waals surface area contributed by atoms with E-state index >= 15 is 0 Å². The van der Waals surface area contributed by atoms with Crippen LogP contribution >= 0.6 is 0 Å². The van der Waals surface area contributed by atoms with E-state index < -0.39 is 24.0 Å². The fraction of sp³-hybridized carbons (Fsp3) is 0.862. The van der Waals surface area contributed by atoms with E-state index in [1.165, 1.54) is 44.9 Å². The first-order valence-electron chi connectivity index (χ1n) is 14.6. The molecule has 1 N–H and O–H groups in total. The van der Waals surface area contributed by atoms with Gasteiger partial charge in [0.05, 0.1) is 0 Å². The maximum Gasteiger partial charge on any atom is 0.306 e. The van der Waals surface area contributed by atoms with Crippen molar-refractivity contribution >= 4 is 23.9 Å². The van der Waals surface area contributed by atoms with Crippen LogP contribution in [0.5, 0.6) is 0 Å². The Morgan fingerprint density at radius 3 is 1.30 bits per heavy atom. The SMILES string of the molecule is CCCCCCCCCCC(=O)OCC(COC(=O)CCCCC(=O)O)OC(=O)CCCCCCCC. The fourth-order valence-electron chi connectivity index (χ4n) is 3.88. The number of carboxylic acid groups (broad SMARTS) is 1. The third-order valence-corrected chi connectivity index (χ3v) is 6.15. The zero-order valence-corrected chi connectivity index (χ0v) is 23.4. The molecular weight excluding hydrogens is 476 g/mol. The van der Waals surface area contributed by atoms with Crippen LogP contribution in [0, 0.1) is 0 Å². The van der Waals surface area contributed by atoms with Crippen molar-refractivity contribution in [2.45, 2.75) is 148 Å². The number of unbranched alkanes of at least 4 members (excludes halogenated alkanes) is 13. The van der Waals surface area contributed by atoms with Crippen molar-refractivity contribution in [1.29, 1.82) is 0 Å². The fourth-order valence-corrected chi connectivity index (χ4v) is 3.88. The summed E-state index contributed by atoms with van der Waals surface area (Å²) < 4.78 is 16.0. The molecular formula is C29H52O8. The van der Waals surface area contributed by atoms with Crippen molar-refractivity contribution in [2.24, 2.45) is 0 Å². The summed E-state index contributed by atoms with van der Waals surface area (Å²) >= 11 is 0. The quantitative estimate of drug-likeness (QED) is 0.0731. The normalized spacial score (nSPS) is 11.6. The van der Waals surface area contributed by atoms with Gasteiger partial charge in [-0.25, -0.2) is 0 Å². The molecule has 8 heteroatoms. The Hall–Kier alpha value is -2.12. The van der Waals surface area contributed by atoms with Crippen molar-refractivity contribution in [3.05, 3.63) is 0 Å². The first kappa shape index (κ1) is 34.9. The summed E-state index contributed by atoms with van der Waals surface area (Å²) in [7, 11) is 0. The van der Waals surface area contributed by atoms with Crippen LogP contribution in [-0.2, 0) is 33.4 Å². The van der Waals surface area contributed by atoms with E-state index in [0.29, 0.717) is 19.3 Å². The zero-order chi connectivity index (χ0) is 27.6. The van der Waals surface area contributed by atoms with Gasteiger partial charge in [0.2, 0.25) is 0 Å². The number of esters is 3. The molecule has 0 heterocycles. The Bertz CT molecular complexity index is 605. The van der Waals surface area contributed by atoms with Crippen molar-refractivity contribution in [1.82, 2.24) is 0 Å². The van der Waals surface area contributed by atoms with Crippen LogP contribution in [0.4, 0.5) is 0 Å². The minimum absolute atomic E-state index is 0.000765. The monoisotopic (exact) mass is 528 g/mol. The van der Waals surface area contributed by atoms with E-state index in [-0.39, 0.29) is 38.4 Å². The summed E-state index contributed by atoms with van der Waals surface area (Å²) in [4.78, 5) is 47.0. The van der Waals surface area contributed by atoms with Crippen LogP contribution in [0.3, 0.4) is 0 Å². The maximum atomic E-state index is 12.3. The van der Waals surface area contributed by atoms with Crippen molar-refractivity contribution < 1.29 is 38.5 Å². The van der Waals surface area contributed by atoms with Crippen LogP contribution in [0.1, 0.15) is 142 Å². The van der Waals surface area contributed by atoms with E-state index in [4.69, 9.17) is 19.3 Å². The predicted octanol–water partition coefficient (Wildman–Crippen LogP) is 6.91. The smallest absolute Gasteiger partial charge is 0.306 e. The number of hydrogen-bond acceptors (Lipinski definition) is 7. The summed E-state index contributed by atoms with van der Waals surface area (Å²) in [5, 5.41) is 8.67. The molecule has 0 aromatic heterocycles. The highest BCUT2D eigenvalue weighted by Gasteiger charge is 2.19. The number of carbonyl (C=O) groups is 4. The van der Waals surface area contributed by atoms with E-state index in [1.54, 1.807) is 0 Å². The van der Waals surface area contributed by atoms with Gasteiger partial charge < -0.3 is 19.3 Å². The Morgan fingerprint density at radius 2 is 0.865 bits per heavy atom. The number of rotatable bonds is 26. The molecule has 1 unspecified atom stereocenters. The number of aliphatic carboxylic acids is 1. The first-order chi connectivity index (χ1) is 17.9.